The average Bonchev–Trinajstić information content (AvgIpc) is 2.45. The lowest BCUT2D eigenvalue weighted by atomic mass is 9.94. The second kappa shape index (κ2) is 6.75. The van der Waals surface area contributed by atoms with Crippen LogP contribution in [0.25, 0.3) is 0 Å². The quantitative estimate of drug-likeness (QED) is 0.813. The molecule has 2 N–H and O–H groups in total. The molecule has 1 heterocycles. The van der Waals surface area contributed by atoms with Crippen LogP contribution in [0, 0.1) is 18.8 Å². The molecule has 112 valence electrons. The summed E-state index contributed by atoms with van der Waals surface area (Å²) in [7, 11) is 0. The van der Waals surface area contributed by atoms with Crippen molar-refractivity contribution in [3.8, 4) is 11.8 Å². The van der Waals surface area contributed by atoms with Gasteiger partial charge in [0.15, 0.2) is 0 Å². The number of ether oxygens (including phenoxy) is 1. The Morgan fingerprint density at radius 1 is 1.48 bits per heavy atom. The van der Waals surface area contributed by atoms with Crippen LogP contribution >= 0.6 is 0 Å². The summed E-state index contributed by atoms with van der Waals surface area (Å²) >= 11 is 0. The van der Waals surface area contributed by atoms with E-state index >= 15 is 0 Å². The zero-order valence-corrected chi connectivity index (χ0v) is 12.5. The first-order valence-corrected chi connectivity index (χ1v) is 7.14. The minimum absolute atomic E-state index is 0.112. The Morgan fingerprint density at radius 2 is 2.29 bits per heavy atom. The van der Waals surface area contributed by atoms with Crippen LogP contribution in [0.15, 0.2) is 18.2 Å². The largest absolute Gasteiger partial charge is 0.384 e. The van der Waals surface area contributed by atoms with E-state index in [1.165, 1.54) is 0 Å². The van der Waals surface area contributed by atoms with E-state index in [1.54, 1.807) is 6.07 Å². The van der Waals surface area contributed by atoms with Crippen LogP contribution in [0.2, 0.25) is 0 Å². The molecule has 21 heavy (non-hydrogen) atoms. The van der Waals surface area contributed by atoms with Gasteiger partial charge >= 0.3 is 0 Å². The number of benzene rings is 1. The summed E-state index contributed by atoms with van der Waals surface area (Å²) in [6.07, 6.45) is 1.87. The SMILES string of the molecule is Cc1cc(C#CCO)cc(C(=O)NC2(C)CCCOC2)c1. The third-order valence-corrected chi connectivity index (χ3v) is 3.50. The molecule has 1 unspecified atom stereocenters. The maximum atomic E-state index is 12.4. The van der Waals surface area contributed by atoms with Crippen LogP contribution in [0.4, 0.5) is 0 Å². The van der Waals surface area contributed by atoms with Gasteiger partial charge in [-0.2, -0.15) is 0 Å². The third kappa shape index (κ3) is 4.32. The van der Waals surface area contributed by atoms with Crippen LogP contribution in [-0.2, 0) is 4.74 Å². The second-order valence-corrected chi connectivity index (χ2v) is 5.72. The molecule has 4 heteroatoms. The summed E-state index contributed by atoms with van der Waals surface area (Å²) in [5.41, 5.74) is 1.98. The fourth-order valence-corrected chi connectivity index (χ4v) is 2.51. The number of rotatable bonds is 2. The molecule has 1 aromatic rings. The lowest BCUT2D eigenvalue weighted by Crippen LogP contribution is -2.51. The molecule has 0 saturated carbocycles. The fraction of sp³-hybridized carbons (Fsp3) is 0.471. The van der Waals surface area contributed by atoms with Gasteiger partial charge in [-0.25, -0.2) is 0 Å². The first-order chi connectivity index (χ1) is 10.0. The van der Waals surface area contributed by atoms with Gasteiger partial charge in [0.1, 0.15) is 6.61 Å². The number of amides is 1. The highest BCUT2D eigenvalue weighted by Gasteiger charge is 2.29. The van der Waals surface area contributed by atoms with Gasteiger partial charge < -0.3 is 15.2 Å². The van der Waals surface area contributed by atoms with Crippen molar-refractivity contribution in [2.45, 2.75) is 32.2 Å². The van der Waals surface area contributed by atoms with Crippen molar-refractivity contribution < 1.29 is 14.6 Å². The van der Waals surface area contributed by atoms with E-state index < -0.39 is 0 Å². The molecule has 0 radical (unpaired) electrons. The molecule has 2 rings (SSSR count). The van der Waals surface area contributed by atoms with Crippen LogP contribution in [0.3, 0.4) is 0 Å². The first-order valence-electron chi connectivity index (χ1n) is 7.14. The predicted octanol–water partition coefficient (Wildman–Crippen LogP) is 1.64. The minimum atomic E-state index is -0.310. The van der Waals surface area contributed by atoms with Crippen LogP contribution < -0.4 is 5.32 Å². The van der Waals surface area contributed by atoms with E-state index in [1.807, 2.05) is 26.0 Å². The fourth-order valence-electron chi connectivity index (χ4n) is 2.51. The number of aliphatic hydroxyl groups excluding tert-OH is 1. The Labute approximate surface area is 125 Å². The predicted molar refractivity (Wildman–Crippen MR) is 81.1 cm³/mol. The number of carbonyl (C=O) groups excluding carboxylic acids is 1. The van der Waals surface area contributed by atoms with Gasteiger partial charge in [0.25, 0.3) is 5.91 Å². The highest BCUT2D eigenvalue weighted by Crippen LogP contribution is 2.19. The molecule has 0 spiro atoms. The second-order valence-electron chi connectivity index (χ2n) is 5.72. The van der Waals surface area contributed by atoms with E-state index in [2.05, 4.69) is 17.2 Å². The Bertz CT molecular complexity index is 577. The van der Waals surface area contributed by atoms with Crippen molar-refractivity contribution in [3.05, 3.63) is 34.9 Å². The Hall–Kier alpha value is -1.83. The van der Waals surface area contributed by atoms with Gasteiger partial charge in [0.05, 0.1) is 12.1 Å². The zero-order valence-electron chi connectivity index (χ0n) is 12.5. The summed E-state index contributed by atoms with van der Waals surface area (Å²) in [4.78, 5) is 12.4. The summed E-state index contributed by atoms with van der Waals surface area (Å²) in [6.45, 7) is 5.04. The van der Waals surface area contributed by atoms with Crippen molar-refractivity contribution in [3.63, 3.8) is 0 Å². The summed E-state index contributed by atoms with van der Waals surface area (Å²) in [5.74, 6) is 5.33. The summed E-state index contributed by atoms with van der Waals surface area (Å²) < 4.78 is 5.46. The van der Waals surface area contributed by atoms with Gasteiger partial charge in [-0.05, 0) is 50.5 Å². The molecule has 1 saturated heterocycles. The van der Waals surface area contributed by atoms with Crippen molar-refractivity contribution in [2.24, 2.45) is 0 Å². The molecule has 0 bridgehead atoms. The Balaban J connectivity index is 2.16. The van der Waals surface area contributed by atoms with E-state index in [9.17, 15) is 4.79 Å². The molecule has 0 aromatic heterocycles. The Morgan fingerprint density at radius 3 is 2.95 bits per heavy atom. The molecule has 4 nitrogen and oxygen atoms in total. The number of nitrogens with one attached hydrogen (secondary N) is 1. The lowest BCUT2D eigenvalue weighted by Gasteiger charge is -2.34. The van der Waals surface area contributed by atoms with E-state index in [0.717, 1.165) is 30.6 Å². The molecule has 1 aromatic carbocycles. The van der Waals surface area contributed by atoms with E-state index in [-0.39, 0.29) is 18.1 Å². The molecule has 1 aliphatic rings. The molecular weight excluding hydrogens is 266 g/mol. The molecule has 1 atom stereocenters. The summed E-state index contributed by atoms with van der Waals surface area (Å²) in [5, 5.41) is 11.8. The molecule has 1 fully saturated rings. The topological polar surface area (TPSA) is 58.6 Å². The third-order valence-electron chi connectivity index (χ3n) is 3.50. The number of hydrogen-bond donors (Lipinski definition) is 2. The van der Waals surface area contributed by atoms with E-state index in [0.29, 0.717) is 12.2 Å². The molecule has 1 aliphatic heterocycles. The number of aliphatic hydroxyl groups is 1. The average molecular weight is 287 g/mol. The monoisotopic (exact) mass is 287 g/mol. The van der Waals surface area contributed by atoms with Gasteiger partial charge in [-0.15, -0.1) is 0 Å². The van der Waals surface area contributed by atoms with Crippen molar-refractivity contribution >= 4 is 5.91 Å². The van der Waals surface area contributed by atoms with Crippen molar-refractivity contribution in [1.29, 1.82) is 0 Å². The van der Waals surface area contributed by atoms with Gasteiger partial charge in [0.2, 0.25) is 0 Å². The van der Waals surface area contributed by atoms with E-state index in [4.69, 9.17) is 9.84 Å². The maximum absolute atomic E-state index is 12.4. The van der Waals surface area contributed by atoms with Crippen molar-refractivity contribution in [2.75, 3.05) is 19.8 Å². The van der Waals surface area contributed by atoms with Gasteiger partial charge in [0, 0.05) is 17.7 Å². The number of hydrogen-bond acceptors (Lipinski definition) is 3. The van der Waals surface area contributed by atoms with Crippen molar-refractivity contribution in [1.82, 2.24) is 5.32 Å². The normalized spacial score (nSPS) is 21.3. The van der Waals surface area contributed by atoms with Gasteiger partial charge in [-0.3, -0.25) is 4.79 Å². The molecular formula is C17H21NO3. The Kier molecular flexibility index (Phi) is 5.00. The molecule has 1 amide bonds. The lowest BCUT2D eigenvalue weighted by molar-refractivity contribution is 0.0272. The smallest absolute Gasteiger partial charge is 0.251 e. The van der Waals surface area contributed by atoms with Crippen LogP contribution in [0.5, 0.6) is 0 Å². The minimum Gasteiger partial charge on any atom is -0.384 e. The van der Waals surface area contributed by atoms with Crippen LogP contribution in [-0.4, -0.2) is 36.4 Å². The standard InChI is InChI=1S/C17H21NO3/c1-13-9-14(5-3-7-19)11-15(10-13)16(20)18-17(2)6-4-8-21-12-17/h9-11,19H,4,6-8,12H2,1-2H3,(H,18,20). The first kappa shape index (κ1) is 15.6. The van der Waals surface area contributed by atoms with Gasteiger partial charge in [-0.1, -0.05) is 11.8 Å². The molecule has 0 aliphatic carbocycles. The highest BCUT2D eigenvalue weighted by molar-refractivity contribution is 5.95. The number of aryl methyl sites for hydroxylation is 1. The van der Waals surface area contributed by atoms with Crippen LogP contribution in [0.1, 0.15) is 41.3 Å². The summed E-state index contributed by atoms with van der Waals surface area (Å²) in [6, 6.07) is 5.48. The zero-order chi connectivity index (χ0) is 15.3. The highest BCUT2D eigenvalue weighted by atomic mass is 16.5. The number of carbonyl (C=O) groups is 1. The maximum Gasteiger partial charge on any atom is 0.251 e.